The van der Waals surface area contributed by atoms with Crippen molar-refractivity contribution in [3.05, 3.63) is 63.4 Å². The second-order valence-electron chi connectivity index (χ2n) is 4.16. The number of hydrogen-bond acceptors (Lipinski definition) is 2. The number of nitrogens with zero attached hydrogens (tertiary/aromatic N) is 1. The fraction of sp³-hybridized carbons (Fsp3) is 0.214. The molecule has 0 spiro atoms. The average molecular weight is 281 g/mol. The highest BCUT2D eigenvalue weighted by Gasteiger charge is 2.14. The minimum absolute atomic E-state index is 0.0142. The molecule has 0 aliphatic carbocycles. The third kappa shape index (κ3) is 2.83. The van der Waals surface area contributed by atoms with Gasteiger partial charge in [0.05, 0.1) is 21.8 Å². The van der Waals surface area contributed by atoms with Gasteiger partial charge < -0.3 is 5.32 Å². The van der Waals surface area contributed by atoms with E-state index in [9.17, 15) is 0 Å². The van der Waals surface area contributed by atoms with E-state index >= 15 is 0 Å². The summed E-state index contributed by atoms with van der Waals surface area (Å²) in [6.45, 7) is 2.02. The summed E-state index contributed by atoms with van der Waals surface area (Å²) >= 11 is 12.0. The molecule has 1 aromatic carbocycles. The number of nitrogens with one attached hydrogen (secondary N) is 1. The second kappa shape index (κ2) is 5.70. The van der Waals surface area contributed by atoms with Crippen LogP contribution in [0.4, 0.5) is 0 Å². The Bertz CT molecular complexity index is 538. The quantitative estimate of drug-likeness (QED) is 0.919. The topological polar surface area (TPSA) is 24.9 Å². The van der Waals surface area contributed by atoms with Gasteiger partial charge in [-0.25, -0.2) is 0 Å². The lowest BCUT2D eigenvalue weighted by atomic mass is 10.0. The molecule has 18 heavy (non-hydrogen) atoms. The Morgan fingerprint density at radius 1 is 1.11 bits per heavy atom. The van der Waals surface area contributed by atoms with Gasteiger partial charge in [0, 0.05) is 6.20 Å². The Balaban J connectivity index is 2.38. The van der Waals surface area contributed by atoms with E-state index in [0.29, 0.717) is 10.0 Å². The van der Waals surface area contributed by atoms with Crippen LogP contribution in [0.3, 0.4) is 0 Å². The third-order valence-electron chi connectivity index (χ3n) is 2.80. The van der Waals surface area contributed by atoms with Gasteiger partial charge in [-0.3, -0.25) is 4.98 Å². The summed E-state index contributed by atoms with van der Waals surface area (Å²) in [5, 5.41) is 4.36. The summed E-state index contributed by atoms with van der Waals surface area (Å²) in [7, 11) is 1.90. The highest BCUT2D eigenvalue weighted by atomic mass is 35.5. The molecule has 1 heterocycles. The van der Waals surface area contributed by atoms with Crippen LogP contribution in [-0.2, 0) is 0 Å². The highest BCUT2D eigenvalue weighted by Crippen LogP contribution is 2.28. The molecule has 1 unspecified atom stereocenters. The Hall–Kier alpha value is -1.09. The summed E-state index contributed by atoms with van der Waals surface area (Å²) in [4.78, 5) is 4.44. The largest absolute Gasteiger partial charge is 0.308 e. The normalized spacial score (nSPS) is 12.4. The van der Waals surface area contributed by atoms with Crippen LogP contribution in [0, 0.1) is 6.92 Å². The zero-order valence-corrected chi connectivity index (χ0v) is 11.8. The molecule has 2 nitrogen and oxygen atoms in total. The molecule has 0 aliphatic heterocycles. The van der Waals surface area contributed by atoms with Crippen LogP contribution in [0.25, 0.3) is 0 Å². The predicted molar refractivity (Wildman–Crippen MR) is 76.3 cm³/mol. The van der Waals surface area contributed by atoms with Gasteiger partial charge in [0.25, 0.3) is 0 Å². The fourth-order valence-corrected chi connectivity index (χ4v) is 2.13. The minimum atomic E-state index is 0.0142. The zero-order chi connectivity index (χ0) is 13.1. The Morgan fingerprint density at radius 3 is 2.44 bits per heavy atom. The molecule has 0 radical (unpaired) electrons. The molecule has 0 bridgehead atoms. The van der Waals surface area contributed by atoms with E-state index in [4.69, 9.17) is 23.2 Å². The third-order valence-corrected chi connectivity index (χ3v) is 3.53. The molecule has 0 aliphatic rings. The van der Waals surface area contributed by atoms with Gasteiger partial charge in [-0.1, -0.05) is 35.3 Å². The van der Waals surface area contributed by atoms with Gasteiger partial charge in [-0.15, -0.1) is 0 Å². The number of rotatable bonds is 3. The maximum Gasteiger partial charge on any atom is 0.0749 e. The summed E-state index contributed by atoms with van der Waals surface area (Å²) < 4.78 is 0. The second-order valence-corrected chi connectivity index (χ2v) is 4.97. The van der Waals surface area contributed by atoms with Crippen LogP contribution >= 0.6 is 23.2 Å². The predicted octanol–water partition coefficient (Wildman–Crippen LogP) is 4.01. The van der Waals surface area contributed by atoms with Gasteiger partial charge in [0.1, 0.15) is 0 Å². The van der Waals surface area contributed by atoms with Crippen LogP contribution in [0.5, 0.6) is 0 Å². The van der Waals surface area contributed by atoms with E-state index in [1.54, 1.807) is 6.07 Å². The Labute approximate surface area is 117 Å². The first-order valence-electron chi connectivity index (χ1n) is 5.66. The van der Waals surface area contributed by atoms with Gasteiger partial charge in [0.15, 0.2) is 0 Å². The van der Waals surface area contributed by atoms with E-state index in [1.807, 2.05) is 44.4 Å². The van der Waals surface area contributed by atoms with E-state index in [0.717, 1.165) is 16.8 Å². The molecule has 1 atom stereocenters. The molecule has 2 rings (SSSR count). The van der Waals surface area contributed by atoms with Crippen LogP contribution in [-0.4, -0.2) is 12.0 Å². The number of pyridine rings is 1. The van der Waals surface area contributed by atoms with Gasteiger partial charge in [-0.2, -0.15) is 0 Å². The van der Waals surface area contributed by atoms with E-state index in [1.165, 1.54) is 0 Å². The van der Waals surface area contributed by atoms with E-state index in [2.05, 4.69) is 10.3 Å². The molecular formula is C14H14Cl2N2. The SMILES string of the molecule is CNC(c1ccc(Cl)c(Cl)c1)c1ccc(C)cn1. The van der Waals surface area contributed by atoms with E-state index < -0.39 is 0 Å². The molecule has 1 aromatic heterocycles. The van der Waals surface area contributed by atoms with Crippen molar-refractivity contribution in [2.45, 2.75) is 13.0 Å². The van der Waals surface area contributed by atoms with Crippen molar-refractivity contribution in [1.82, 2.24) is 10.3 Å². The first kappa shape index (κ1) is 13.3. The van der Waals surface area contributed by atoms with Crippen LogP contribution in [0.15, 0.2) is 36.5 Å². The van der Waals surface area contributed by atoms with Crippen molar-refractivity contribution < 1.29 is 0 Å². The number of benzene rings is 1. The fourth-order valence-electron chi connectivity index (χ4n) is 1.83. The molecule has 0 amide bonds. The zero-order valence-electron chi connectivity index (χ0n) is 10.2. The monoisotopic (exact) mass is 280 g/mol. The van der Waals surface area contributed by atoms with Gasteiger partial charge in [-0.05, 0) is 43.3 Å². The Kier molecular flexibility index (Phi) is 4.23. The maximum atomic E-state index is 6.05. The van der Waals surface area contributed by atoms with Crippen LogP contribution in [0.2, 0.25) is 10.0 Å². The molecule has 4 heteroatoms. The van der Waals surface area contributed by atoms with Crippen molar-refractivity contribution in [3.8, 4) is 0 Å². The van der Waals surface area contributed by atoms with Crippen molar-refractivity contribution in [2.24, 2.45) is 0 Å². The molecule has 0 saturated carbocycles. The lowest BCUT2D eigenvalue weighted by Gasteiger charge is -2.17. The van der Waals surface area contributed by atoms with Gasteiger partial charge in [0.2, 0.25) is 0 Å². The standard InChI is InChI=1S/C14H14Cl2N2/c1-9-3-6-13(18-8-9)14(17-2)10-4-5-11(15)12(16)7-10/h3-8,14,17H,1-2H3. The Morgan fingerprint density at radius 2 is 1.89 bits per heavy atom. The van der Waals surface area contributed by atoms with Crippen LogP contribution in [0.1, 0.15) is 22.9 Å². The average Bonchev–Trinajstić information content (AvgIpc) is 2.37. The van der Waals surface area contributed by atoms with Crippen molar-refractivity contribution in [1.29, 1.82) is 0 Å². The number of halogens is 2. The number of aryl methyl sites for hydroxylation is 1. The minimum Gasteiger partial charge on any atom is -0.308 e. The van der Waals surface area contributed by atoms with Crippen molar-refractivity contribution in [3.63, 3.8) is 0 Å². The number of hydrogen-bond donors (Lipinski definition) is 1. The molecule has 1 N–H and O–H groups in total. The molecular weight excluding hydrogens is 267 g/mol. The summed E-state index contributed by atoms with van der Waals surface area (Å²) in [5.74, 6) is 0. The lowest BCUT2D eigenvalue weighted by Crippen LogP contribution is -2.18. The number of aromatic nitrogens is 1. The molecule has 0 fully saturated rings. The summed E-state index contributed by atoms with van der Waals surface area (Å²) in [6.07, 6.45) is 1.86. The molecule has 2 aromatic rings. The van der Waals surface area contributed by atoms with Crippen LogP contribution < -0.4 is 5.32 Å². The van der Waals surface area contributed by atoms with Crippen molar-refractivity contribution in [2.75, 3.05) is 7.05 Å². The first-order valence-corrected chi connectivity index (χ1v) is 6.42. The molecule has 94 valence electrons. The smallest absolute Gasteiger partial charge is 0.0749 e. The maximum absolute atomic E-state index is 6.05. The molecule has 0 saturated heterocycles. The first-order chi connectivity index (χ1) is 8.61. The summed E-state index contributed by atoms with van der Waals surface area (Å²) in [5.41, 5.74) is 3.15. The summed E-state index contributed by atoms with van der Waals surface area (Å²) in [6, 6.07) is 9.70. The van der Waals surface area contributed by atoms with E-state index in [-0.39, 0.29) is 6.04 Å². The van der Waals surface area contributed by atoms with Crippen molar-refractivity contribution >= 4 is 23.2 Å². The van der Waals surface area contributed by atoms with Gasteiger partial charge >= 0.3 is 0 Å². The highest BCUT2D eigenvalue weighted by molar-refractivity contribution is 6.42. The lowest BCUT2D eigenvalue weighted by molar-refractivity contribution is 0.670.